The van der Waals surface area contributed by atoms with Gasteiger partial charge in [0.15, 0.2) is 0 Å². The second kappa shape index (κ2) is 9.40. The lowest BCUT2D eigenvalue weighted by molar-refractivity contribution is -0.128. The Morgan fingerprint density at radius 3 is 2.48 bits per heavy atom. The average Bonchev–Trinajstić information content (AvgIpc) is 3.15. The smallest absolute Gasteiger partial charge is 0.255 e. The molecular weight excluding hydrogens is 404 g/mol. The quantitative estimate of drug-likeness (QED) is 0.572. The van der Waals surface area contributed by atoms with Crippen LogP contribution in [0.15, 0.2) is 72.8 Å². The van der Waals surface area contributed by atoms with Gasteiger partial charge in [-0.15, -0.1) is 11.8 Å². The Balaban J connectivity index is 1.43. The number of thioether (sulfide) groups is 1. The largest absolute Gasteiger partial charge is 0.326 e. The number of benzene rings is 3. The van der Waals surface area contributed by atoms with Crippen LogP contribution < -0.4 is 5.32 Å². The molecule has 4 nitrogen and oxygen atoms in total. The van der Waals surface area contributed by atoms with Crippen molar-refractivity contribution in [3.8, 4) is 0 Å². The molecule has 0 bridgehead atoms. The zero-order valence-corrected chi connectivity index (χ0v) is 18.6. The molecule has 0 aliphatic carbocycles. The van der Waals surface area contributed by atoms with E-state index in [1.54, 1.807) is 11.8 Å². The molecule has 1 saturated heterocycles. The van der Waals surface area contributed by atoms with Gasteiger partial charge in [-0.05, 0) is 55.2 Å². The fraction of sp³-hybridized carbons (Fsp3) is 0.231. The number of hydrogen-bond acceptors (Lipinski definition) is 3. The molecule has 0 spiro atoms. The van der Waals surface area contributed by atoms with Crippen molar-refractivity contribution < 1.29 is 9.59 Å². The van der Waals surface area contributed by atoms with E-state index in [1.807, 2.05) is 73.3 Å². The Hall–Kier alpha value is -3.05. The van der Waals surface area contributed by atoms with Crippen LogP contribution in [0.25, 0.3) is 0 Å². The van der Waals surface area contributed by atoms with Crippen LogP contribution in [-0.4, -0.2) is 29.0 Å². The average molecular weight is 431 g/mol. The van der Waals surface area contributed by atoms with Gasteiger partial charge >= 0.3 is 0 Å². The van der Waals surface area contributed by atoms with Gasteiger partial charge in [-0.25, -0.2) is 0 Å². The summed E-state index contributed by atoms with van der Waals surface area (Å²) in [7, 11) is 0. The number of carbonyl (C=O) groups excluding carboxylic acids is 2. The van der Waals surface area contributed by atoms with Crippen molar-refractivity contribution in [1.29, 1.82) is 0 Å². The van der Waals surface area contributed by atoms with Gasteiger partial charge in [-0.1, -0.05) is 60.2 Å². The number of rotatable bonds is 6. The van der Waals surface area contributed by atoms with E-state index < -0.39 is 0 Å². The first-order chi connectivity index (χ1) is 15.0. The Labute approximate surface area is 187 Å². The molecule has 158 valence electrons. The molecule has 1 aliphatic rings. The monoisotopic (exact) mass is 430 g/mol. The van der Waals surface area contributed by atoms with Gasteiger partial charge in [0.1, 0.15) is 5.37 Å². The second-order valence-corrected chi connectivity index (χ2v) is 8.95. The van der Waals surface area contributed by atoms with Gasteiger partial charge in [0, 0.05) is 17.8 Å². The van der Waals surface area contributed by atoms with Crippen molar-refractivity contribution in [2.45, 2.75) is 25.6 Å². The number of nitrogens with zero attached hydrogens (tertiary/aromatic N) is 1. The highest BCUT2D eigenvalue weighted by Gasteiger charge is 2.32. The lowest BCUT2D eigenvalue weighted by Crippen LogP contribution is -2.30. The van der Waals surface area contributed by atoms with E-state index in [0.717, 1.165) is 23.2 Å². The Morgan fingerprint density at radius 2 is 1.77 bits per heavy atom. The Bertz CT molecular complexity index is 1080. The van der Waals surface area contributed by atoms with Gasteiger partial charge in [-0.3, -0.25) is 9.59 Å². The second-order valence-electron chi connectivity index (χ2n) is 7.88. The third kappa shape index (κ3) is 5.00. The molecule has 5 heteroatoms. The van der Waals surface area contributed by atoms with E-state index in [2.05, 4.69) is 23.5 Å². The van der Waals surface area contributed by atoms with Crippen LogP contribution in [0.5, 0.6) is 0 Å². The molecule has 31 heavy (non-hydrogen) atoms. The van der Waals surface area contributed by atoms with E-state index in [9.17, 15) is 9.59 Å². The Morgan fingerprint density at radius 1 is 1.03 bits per heavy atom. The van der Waals surface area contributed by atoms with Crippen molar-refractivity contribution in [3.05, 3.63) is 101 Å². The number of amides is 2. The zero-order chi connectivity index (χ0) is 21.8. The predicted molar refractivity (Wildman–Crippen MR) is 127 cm³/mol. The summed E-state index contributed by atoms with van der Waals surface area (Å²) in [6.07, 6.45) is 0.833. The molecule has 3 aromatic carbocycles. The Kier molecular flexibility index (Phi) is 6.42. The SMILES string of the molecule is Cc1ccc(NC(=O)c2ccc([C@H]3SCC(=O)N3CCc3ccccc3)cc2)c(C)c1. The maximum atomic E-state index is 12.7. The molecule has 1 aliphatic heterocycles. The predicted octanol–water partition coefficient (Wildman–Crippen LogP) is 5.37. The first-order valence-electron chi connectivity index (χ1n) is 10.4. The third-order valence-corrected chi connectivity index (χ3v) is 6.80. The molecule has 2 amide bonds. The fourth-order valence-corrected chi connectivity index (χ4v) is 5.03. The van der Waals surface area contributed by atoms with Gasteiger partial charge in [-0.2, -0.15) is 0 Å². The highest BCUT2D eigenvalue weighted by atomic mass is 32.2. The van der Waals surface area contributed by atoms with Gasteiger partial charge in [0.25, 0.3) is 5.91 Å². The van der Waals surface area contributed by atoms with Crippen molar-refractivity contribution in [3.63, 3.8) is 0 Å². The van der Waals surface area contributed by atoms with Crippen LogP contribution in [0.4, 0.5) is 5.69 Å². The fourth-order valence-electron chi connectivity index (χ4n) is 3.81. The number of hydrogen-bond donors (Lipinski definition) is 1. The van der Waals surface area contributed by atoms with Crippen molar-refractivity contribution in [1.82, 2.24) is 4.90 Å². The summed E-state index contributed by atoms with van der Waals surface area (Å²) in [6, 6.07) is 23.8. The van der Waals surface area contributed by atoms with Gasteiger partial charge < -0.3 is 10.2 Å². The van der Waals surface area contributed by atoms with E-state index in [0.29, 0.717) is 17.9 Å². The minimum atomic E-state index is -0.130. The van der Waals surface area contributed by atoms with Crippen molar-refractivity contribution in [2.75, 3.05) is 17.6 Å². The molecule has 0 saturated carbocycles. The number of anilines is 1. The highest BCUT2D eigenvalue weighted by molar-refractivity contribution is 8.00. The van der Waals surface area contributed by atoms with Crippen LogP contribution in [0.1, 0.15) is 38.0 Å². The molecule has 1 N–H and O–H groups in total. The number of nitrogens with one attached hydrogen (secondary N) is 1. The molecule has 4 rings (SSSR count). The van der Waals surface area contributed by atoms with Gasteiger partial charge in [0.2, 0.25) is 5.91 Å². The number of carbonyl (C=O) groups is 2. The maximum absolute atomic E-state index is 12.7. The minimum Gasteiger partial charge on any atom is -0.326 e. The lowest BCUT2D eigenvalue weighted by Gasteiger charge is -2.24. The van der Waals surface area contributed by atoms with Crippen LogP contribution in [-0.2, 0) is 11.2 Å². The van der Waals surface area contributed by atoms with Gasteiger partial charge in [0.05, 0.1) is 5.75 Å². The van der Waals surface area contributed by atoms with E-state index in [4.69, 9.17) is 0 Å². The van der Waals surface area contributed by atoms with Crippen LogP contribution in [0.3, 0.4) is 0 Å². The molecule has 1 fully saturated rings. The molecule has 0 unspecified atom stereocenters. The first kappa shape index (κ1) is 21.2. The highest BCUT2D eigenvalue weighted by Crippen LogP contribution is 2.38. The molecule has 3 aromatic rings. The van der Waals surface area contributed by atoms with Crippen molar-refractivity contribution >= 4 is 29.3 Å². The molecule has 1 heterocycles. The molecular formula is C26H26N2O2S. The van der Waals surface area contributed by atoms with Crippen LogP contribution in [0, 0.1) is 13.8 Å². The summed E-state index contributed by atoms with van der Waals surface area (Å²) in [6.45, 7) is 4.71. The zero-order valence-electron chi connectivity index (χ0n) is 17.8. The normalized spacial score (nSPS) is 15.9. The van der Waals surface area contributed by atoms with Crippen LogP contribution in [0.2, 0.25) is 0 Å². The summed E-state index contributed by atoms with van der Waals surface area (Å²) in [4.78, 5) is 27.1. The molecule has 0 radical (unpaired) electrons. The summed E-state index contributed by atoms with van der Waals surface area (Å²) in [5, 5.41) is 2.98. The van der Waals surface area contributed by atoms with E-state index in [1.165, 1.54) is 11.1 Å². The third-order valence-electron chi connectivity index (χ3n) is 5.54. The molecule has 0 aromatic heterocycles. The van der Waals surface area contributed by atoms with Crippen molar-refractivity contribution in [2.24, 2.45) is 0 Å². The summed E-state index contributed by atoms with van der Waals surface area (Å²) >= 11 is 1.64. The van der Waals surface area contributed by atoms with E-state index in [-0.39, 0.29) is 17.2 Å². The lowest BCUT2D eigenvalue weighted by atomic mass is 10.1. The maximum Gasteiger partial charge on any atom is 0.255 e. The summed E-state index contributed by atoms with van der Waals surface area (Å²) in [5.41, 5.74) is 5.91. The molecule has 1 atom stereocenters. The first-order valence-corrected chi connectivity index (χ1v) is 11.5. The minimum absolute atomic E-state index is 0.00679. The van der Waals surface area contributed by atoms with E-state index >= 15 is 0 Å². The summed E-state index contributed by atoms with van der Waals surface area (Å²) in [5.74, 6) is 0.533. The number of aryl methyl sites for hydroxylation is 2. The van der Waals surface area contributed by atoms with Crippen LogP contribution >= 0.6 is 11.8 Å². The topological polar surface area (TPSA) is 49.4 Å². The summed E-state index contributed by atoms with van der Waals surface area (Å²) < 4.78 is 0. The standard InChI is InChI=1S/C26H26N2O2S/c1-18-8-13-23(19(2)16-18)27-25(30)21-9-11-22(12-10-21)26-28(24(29)17-31-26)15-14-20-6-4-3-5-7-20/h3-13,16,26H,14-15,17H2,1-2H3,(H,27,30)/t26-/m1/s1.